The van der Waals surface area contributed by atoms with Gasteiger partial charge in [-0.25, -0.2) is 9.78 Å². The molecule has 1 aliphatic heterocycles. The van der Waals surface area contributed by atoms with E-state index in [1.165, 1.54) is 0 Å². The third-order valence-electron chi connectivity index (χ3n) is 7.96. The lowest BCUT2D eigenvalue weighted by molar-refractivity contribution is -0.128. The summed E-state index contributed by atoms with van der Waals surface area (Å²) in [5.41, 5.74) is 3.79. The maximum Gasteiger partial charge on any atom is 0.408 e. The summed E-state index contributed by atoms with van der Waals surface area (Å²) in [7, 11) is 0. The fourth-order valence-corrected chi connectivity index (χ4v) is 5.73. The zero-order valence-electron chi connectivity index (χ0n) is 24.4. The second-order valence-electron chi connectivity index (χ2n) is 12.1. The smallest absolute Gasteiger partial charge is 0.408 e. The SMILES string of the molecule is CC(C)(C)OC(=O)NC1(c2ccc(-c3nc4nc(OCCN5CCCC5=O)ccn4c3-c3ccccc3)cc2)CCC1. The molecule has 1 N–H and O–H groups in total. The molecule has 2 amide bonds. The molecule has 1 saturated carbocycles. The van der Waals surface area contributed by atoms with Crippen molar-refractivity contribution in [2.24, 2.45) is 0 Å². The molecule has 0 unspecified atom stereocenters. The van der Waals surface area contributed by atoms with E-state index < -0.39 is 17.2 Å². The van der Waals surface area contributed by atoms with E-state index in [1.807, 2.05) is 60.5 Å². The van der Waals surface area contributed by atoms with Crippen LogP contribution in [0.4, 0.5) is 4.79 Å². The fraction of sp³-hybridized carbons (Fsp3) is 0.394. The Morgan fingerprint density at radius 2 is 1.74 bits per heavy atom. The first-order chi connectivity index (χ1) is 20.2. The minimum atomic E-state index is -0.554. The number of rotatable bonds is 8. The van der Waals surface area contributed by atoms with Crippen molar-refractivity contribution in [3.8, 4) is 28.4 Å². The largest absolute Gasteiger partial charge is 0.476 e. The number of alkyl carbamates (subject to hydrolysis) is 1. The molecule has 6 rings (SSSR count). The molecule has 9 nitrogen and oxygen atoms in total. The average molecular weight is 568 g/mol. The highest BCUT2D eigenvalue weighted by Gasteiger charge is 2.41. The summed E-state index contributed by atoms with van der Waals surface area (Å²) in [4.78, 5) is 36.0. The third kappa shape index (κ3) is 5.68. The Balaban J connectivity index is 1.28. The molecule has 2 fully saturated rings. The lowest BCUT2D eigenvalue weighted by atomic mass is 9.71. The first kappa shape index (κ1) is 27.8. The Labute approximate surface area is 245 Å². The Kier molecular flexibility index (Phi) is 7.35. The van der Waals surface area contributed by atoms with Gasteiger partial charge in [0, 0.05) is 36.4 Å². The van der Waals surface area contributed by atoms with Gasteiger partial charge in [0.25, 0.3) is 0 Å². The molecule has 1 saturated heterocycles. The van der Waals surface area contributed by atoms with Crippen molar-refractivity contribution in [2.75, 3.05) is 19.7 Å². The van der Waals surface area contributed by atoms with E-state index in [1.54, 1.807) is 0 Å². The van der Waals surface area contributed by atoms with Crippen molar-refractivity contribution in [2.45, 2.75) is 64.0 Å². The molecule has 4 aromatic rings. The molecule has 0 radical (unpaired) electrons. The van der Waals surface area contributed by atoms with Crippen LogP contribution in [0.5, 0.6) is 5.88 Å². The van der Waals surface area contributed by atoms with E-state index in [0.29, 0.717) is 31.2 Å². The van der Waals surface area contributed by atoms with Gasteiger partial charge in [-0.2, -0.15) is 4.98 Å². The van der Waals surface area contributed by atoms with Crippen LogP contribution in [-0.4, -0.2) is 56.6 Å². The van der Waals surface area contributed by atoms with Gasteiger partial charge in [0.1, 0.15) is 12.2 Å². The van der Waals surface area contributed by atoms with Crippen molar-refractivity contribution >= 4 is 17.8 Å². The monoisotopic (exact) mass is 567 g/mol. The zero-order chi connectivity index (χ0) is 29.3. The molecule has 3 heterocycles. The van der Waals surface area contributed by atoms with Gasteiger partial charge in [-0.15, -0.1) is 0 Å². The number of amides is 2. The number of fused-ring (bicyclic) bond motifs is 1. The second kappa shape index (κ2) is 11.1. The lowest BCUT2D eigenvalue weighted by Gasteiger charge is -2.43. The Hall–Kier alpha value is -4.40. The molecule has 42 heavy (non-hydrogen) atoms. The number of ether oxygens (including phenoxy) is 2. The molecular formula is C33H37N5O4. The summed E-state index contributed by atoms with van der Waals surface area (Å²) in [5, 5.41) is 3.14. The molecule has 2 aromatic heterocycles. The van der Waals surface area contributed by atoms with Crippen molar-refractivity contribution in [1.82, 2.24) is 24.6 Å². The van der Waals surface area contributed by atoms with Crippen LogP contribution >= 0.6 is 0 Å². The van der Waals surface area contributed by atoms with Gasteiger partial charge in [-0.05, 0) is 52.0 Å². The molecule has 0 atom stereocenters. The summed E-state index contributed by atoms with van der Waals surface area (Å²) in [6, 6.07) is 20.2. The zero-order valence-corrected chi connectivity index (χ0v) is 24.4. The van der Waals surface area contributed by atoms with Crippen molar-refractivity contribution in [3.63, 3.8) is 0 Å². The first-order valence-electron chi connectivity index (χ1n) is 14.7. The Bertz CT molecular complexity index is 1590. The topological polar surface area (TPSA) is 98.1 Å². The Morgan fingerprint density at radius 3 is 2.38 bits per heavy atom. The average Bonchev–Trinajstić information content (AvgIpc) is 3.53. The molecule has 2 aliphatic rings. The highest BCUT2D eigenvalue weighted by atomic mass is 16.6. The number of nitrogens with zero attached hydrogens (tertiary/aromatic N) is 4. The maximum absolute atomic E-state index is 12.6. The van der Waals surface area contributed by atoms with Crippen LogP contribution in [-0.2, 0) is 15.1 Å². The number of carbonyl (C=O) groups is 2. The predicted molar refractivity (Wildman–Crippen MR) is 160 cm³/mol. The summed E-state index contributed by atoms with van der Waals surface area (Å²) in [6.07, 6.45) is 5.85. The van der Waals surface area contributed by atoms with Crippen LogP contribution in [0.1, 0.15) is 58.4 Å². The van der Waals surface area contributed by atoms with Crippen LogP contribution < -0.4 is 10.1 Å². The van der Waals surface area contributed by atoms with Gasteiger partial charge in [0.2, 0.25) is 17.6 Å². The molecular weight excluding hydrogens is 530 g/mol. The van der Waals surface area contributed by atoms with Crippen LogP contribution in [0.2, 0.25) is 0 Å². The first-order valence-corrected chi connectivity index (χ1v) is 14.7. The second-order valence-corrected chi connectivity index (χ2v) is 12.1. The molecule has 218 valence electrons. The number of aromatic nitrogens is 3. The van der Waals surface area contributed by atoms with Crippen LogP contribution in [0.15, 0.2) is 66.9 Å². The molecule has 1 aliphatic carbocycles. The minimum absolute atomic E-state index is 0.183. The molecule has 2 aromatic carbocycles. The van der Waals surface area contributed by atoms with Gasteiger partial charge in [-0.3, -0.25) is 9.20 Å². The van der Waals surface area contributed by atoms with Gasteiger partial charge < -0.3 is 19.7 Å². The van der Waals surface area contributed by atoms with Crippen molar-refractivity contribution in [3.05, 3.63) is 72.4 Å². The van der Waals surface area contributed by atoms with E-state index in [0.717, 1.165) is 60.3 Å². The number of hydrogen-bond donors (Lipinski definition) is 1. The Morgan fingerprint density at radius 1 is 0.976 bits per heavy atom. The molecule has 0 bridgehead atoms. The highest BCUT2D eigenvalue weighted by Crippen LogP contribution is 2.42. The number of nitrogens with one attached hydrogen (secondary N) is 1. The fourth-order valence-electron chi connectivity index (χ4n) is 5.73. The predicted octanol–water partition coefficient (Wildman–Crippen LogP) is 5.97. The third-order valence-corrected chi connectivity index (χ3v) is 7.96. The van der Waals surface area contributed by atoms with Gasteiger partial charge in [0.15, 0.2) is 0 Å². The standard InChI is InChI=1S/C33H37N5O4/c1-32(2,3)42-31(40)36-33(17-8-18-33)25-14-12-23(13-15-25)28-29(24-9-5-4-6-10-24)38-20-16-26(34-30(38)35-28)41-22-21-37-19-7-11-27(37)39/h4-6,9-10,12-16,20H,7-8,11,17-19,21-22H2,1-3H3,(H,36,40). The van der Waals surface area contributed by atoms with Crippen LogP contribution in [0.3, 0.4) is 0 Å². The van der Waals surface area contributed by atoms with E-state index in [2.05, 4.69) is 41.7 Å². The number of carbonyl (C=O) groups excluding carboxylic acids is 2. The summed E-state index contributed by atoms with van der Waals surface area (Å²) in [6.45, 7) is 7.33. The summed E-state index contributed by atoms with van der Waals surface area (Å²) >= 11 is 0. The number of benzene rings is 2. The summed E-state index contributed by atoms with van der Waals surface area (Å²) in [5.74, 6) is 1.19. The number of hydrogen-bond acceptors (Lipinski definition) is 6. The van der Waals surface area contributed by atoms with E-state index >= 15 is 0 Å². The number of imidazole rings is 1. The number of likely N-dealkylation sites (tertiary alicyclic amines) is 1. The quantitative estimate of drug-likeness (QED) is 0.282. The summed E-state index contributed by atoms with van der Waals surface area (Å²) < 4.78 is 13.4. The van der Waals surface area contributed by atoms with E-state index in [9.17, 15) is 9.59 Å². The van der Waals surface area contributed by atoms with Crippen molar-refractivity contribution < 1.29 is 19.1 Å². The molecule has 0 spiro atoms. The van der Waals surface area contributed by atoms with E-state index in [4.69, 9.17) is 19.4 Å². The maximum atomic E-state index is 12.6. The van der Waals surface area contributed by atoms with Gasteiger partial charge in [0.05, 0.1) is 23.5 Å². The van der Waals surface area contributed by atoms with E-state index in [-0.39, 0.29) is 5.91 Å². The van der Waals surface area contributed by atoms with Crippen LogP contribution in [0, 0.1) is 0 Å². The van der Waals surface area contributed by atoms with Crippen LogP contribution in [0.25, 0.3) is 28.3 Å². The lowest BCUT2D eigenvalue weighted by Crippen LogP contribution is -2.52. The van der Waals surface area contributed by atoms with Crippen molar-refractivity contribution in [1.29, 1.82) is 0 Å². The normalized spacial score (nSPS) is 16.4. The van der Waals surface area contributed by atoms with Gasteiger partial charge >= 0.3 is 6.09 Å². The highest BCUT2D eigenvalue weighted by molar-refractivity contribution is 5.81. The minimum Gasteiger partial charge on any atom is -0.476 e. The van der Waals surface area contributed by atoms with Gasteiger partial charge in [-0.1, -0.05) is 54.6 Å². The molecule has 9 heteroatoms.